The van der Waals surface area contributed by atoms with Crippen molar-refractivity contribution in [1.82, 2.24) is 10.4 Å². The van der Waals surface area contributed by atoms with Crippen LogP contribution in [0, 0.1) is 16.0 Å². The van der Waals surface area contributed by atoms with Crippen molar-refractivity contribution in [1.29, 1.82) is 0 Å². The van der Waals surface area contributed by atoms with Crippen molar-refractivity contribution in [2.24, 2.45) is 5.92 Å². The summed E-state index contributed by atoms with van der Waals surface area (Å²) in [6.45, 7) is -0.665. The topological polar surface area (TPSA) is 136 Å². The first-order valence-electron chi connectivity index (χ1n) is 9.06. The van der Waals surface area contributed by atoms with Crippen LogP contribution in [0.25, 0.3) is 0 Å². The second-order valence-corrected chi connectivity index (χ2v) is 7.12. The van der Waals surface area contributed by atoms with Gasteiger partial charge >= 0.3 is 5.97 Å². The Kier molecular flexibility index (Phi) is 6.61. The van der Waals surface area contributed by atoms with E-state index in [2.05, 4.69) is 5.43 Å². The van der Waals surface area contributed by atoms with Crippen molar-refractivity contribution in [2.45, 2.75) is 6.42 Å². The van der Waals surface area contributed by atoms with Crippen molar-refractivity contribution in [3.63, 3.8) is 0 Å². The third-order valence-electron chi connectivity index (χ3n) is 4.55. The number of rotatable bonds is 7. The van der Waals surface area contributed by atoms with Gasteiger partial charge in [-0.1, -0.05) is 11.6 Å². The number of hydrogen-bond donors (Lipinski definition) is 1. The normalized spacial score (nSPS) is 15.5. The van der Waals surface area contributed by atoms with Crippen LogP contribution in [0.2, 0.25) is 5.02 Å². The summed E-state index contributed by atoms with van der Waals surface area (Å²) in [5.74, 6) is -3.15. The smallest absolute Gasteiger partial charge is 0.311 e. The molecule has 1 aliphatic heterocycles. The first kappa shape index (κ1) is 21.9. The van der Waals surface area contributed by atoms with Crippen LogP contribution in [0.5, 0.6) is 0 Å². The third-order valence-corrected chi connectivity index (χ3v) is 4.80. The Hall–Kier alpha value is -3.79. The fourth-order valence-corrected chi connectivity index (χ4v) is 2.99. The van der Waals surface area contributed by atoms with Gasteiger partial charge in [-0.15, -0.1) is 0 Å². The molecule has 1 saturated heterocycles. The number of esters is 1. The molecule has 0 unspecified atom stereocenters. The summed E-state index contributed by atoms with van der Waals surface area (Å²) in [6.07, 6.45) is -0.175. The lowest BCUT2D eigenvalue weighted by Crippen LogP contribution is -2.43. The molecule has 1 atom stereocenters. The zero-order valence-electron chi connectivity index (χ0n) is 15.9. The van der Waals surface area contributed by atoms with Crippen LogP contribution in [0.4, 0.5) is 5.69 Å². The summed E-state index contributed by atoms with van der Waals surface area (Å²) in [4.78, 5) is 58.7. The number of benzene rings is 2. The van der Waals surface area contributed by atoms with E-state index in [1.165, 1.54) is 48.5 Å². The van der Waals surface area contributed by atoms with E-state index in [-0.39, 0.29) is 29.8 Å². The number of amides is 2. The number of non-ortho nitro benzene ring substituents is 1. The molecule has 1 heterocycles. The van der Waals surface area contributed by atoms with Gasteiger partial charge in [0.25, 0.3) is 11.6 Å². The van der Waals surface area contributed by atoms with Crippen LogP contribution in [0.1, 0.15) is 27.1 Å². The number of hydrogen-bond acceptors (Lipinski definition) is 7. The second kappa shape index (κ2) is 9.35. The standard InChI is InChI=1S/C20H16ClN3O7/c21-15-5-1-13(2-6-15)19(27)22-23-10-14(9-18(23)26)20(28)31-11-17(25)12-3-7-16(8-4-12)24(29)30/h1-8,14H,9-11H2,(H,22,27)/t14-/m0/s1. The van der Waals surface area contributed by atoms with Gasteiger partial charge in [-0.25, -0.2) is 0 Å². The fourth-order valence-electron chi connectivity index (χ4n) is 2.87. The van der Waals surface area contributed by atoms with E-state index in [9.17, 15) is 29.3 Å². The number of nitrogens with one attached hydrogen (secondary N) is 1. The predicted octanol–water partition coefficient (Wildman–Crippen LogP) is 2.17. The zero-order chi connectivity index (χ0) is 22.5. The van der Waals surface area contributed by atoms with Gasteiger partial charge in [0.2, 0.25) is 5.91 Å². The van der Waals surface area contributed by atoms with Gasteiger partial charge in [-0.2, -0.15) is 0 Å². The summed E-state index contributed by atoms with van der Waals surface area (Å²) in [5.41, 5.74) is 2.70. The van der Waals surface area contributed by atoms with Gasteiger partial charge in [-0.3, -0.25) is 39.7 Å². The Morgan fingerprint density at radius 1 is 1.10 bits per heavy atom. The van der Waals surface area contributed by atoms with Crippen molar-refractivity contribution in [3.8, 4) is 0 Å². The first-order valence-corrected chi connectivity index (χ1v) is 9.43. The van der Waals surface area contributed by atoms with Crippen LogP contribution in [0.15, 0.2) is 48.5 Å². The molecule has 1 fully saturated rings. The minimum atomic E-state index is -0.845. The number of Topliss-reactive ketones (excluding diaryl/α,β-unsaturated/α-hetero) is 1. The number of ether oxygens (including phenoxy) is 1. The largest absolute Gasteiger partial charge is 0.457 e. The number of nitro groups is 1. The molecule has 0 aromatic heterocycles. The van der Waals surface area contributed by atoms with E-state index >= 15 is 0 Å². The Morgan fingerprint density at radius 2 is 1.71 bits per heavy atom. The summed E-state index contributed by atoms with van der Waals surface area (Å²) in [7, 11) is 0. The number of nitrogens with zero attached hydrogens (tertiary/aromatic N) is 2. The highest BCUT2D eigenvalue weighted by molar-refractivity contribution is 6.30. The summed E-state index contributed by atoms with van der Waals surface area (Å²) in [6, 6.07) is 10.9. The molecule has 31 heavy (non-hydrogen) atoms. The van der Waals surface area contributed by atoms with Gasteiger partial charge < -0.3 is 4.74 Å². The van der Waals surface area contributed by atoms with E-state index in [0.717, 1.165) is 5.01 Å². The minimum Gasteiger partial charge on any atom is -0.457 e. The highest BCUT2D eigenvalue weighted by Gasteiger charge is 2.36. The van der Waals surface area contributed by atoms with Crippen LogP contribution < -0.4 is 5.43 Å². The molecular weight excluding hydrogens is 430 g/mol. The molecule has 10 nitrogen and oxygen atoms in total. The number of hydrazine groups is 1. The van der Waals surface area contributed by atoms with E-state index < -0.39 is 41.0 Å². The maximum absolute atomic E-state index is 12.2. The summed E-state index contributed by atoms with van der Waals surface area (Å²) < 4.78 is 4.99. The van der Waals surface area contributed by atoms with Gasteiger partial charge in [0.1, 0.15) is 0 Å². The Bertz CT molecular complexity index is 1040. The number of nitro benzene ring substituents is 1. The van der Waals surface area contributed by atoms with Crippen molar-refractivity contribution >= 4 is 40.9 Å². The van der Waals surface area contributed by atoms with Crippen molar-refractivity contribution in [2.75, 3.05) is 13.2 Å². The van der Waals surface area contributed by atoms with Gasteiger partial charge in [0.15, 0.2) is 12.4 Å². The maximum Gasteiger partial charge on any atom is 0.311 e. The highest BCUT2D eigenvalue weighted by atomic mass is 35.5. The number of halogens is 1. The average molecular weight is 446 g/mol. The lowest BCUT2D eigenvalue weighted by atomic mass is 10.1. The molecule has 2 amide bonds. The Morgan fingerprint density at radius 3 is 2.32 bits per heavy atom. The molecule has 1 aliphatic rings. The molecule has 1 N–H and O–H groups in total. The number of carbonyl (C=O) groups excluding carboxylic acids is 4. The molecule has 0 spiro atoms. The lowest BCUT2D eigenvalue weighted by molar-refractivity contribution is -0.384. The van der Waals surface area contributed by atoms with E-state index in [1.54, 1.807) is 0 Å². The molecule has 0 bridgehead atoms. The minimum absolute atomic E-state index is 0.0945. The van der Waals surface area contributed by atoms with Gasteiger partial charge in [0, 0.05) is 34.7 Å². The second-order valence-electron chi connectivity index (χ2n) is 6.69. The highest BCUT2D eigenvalue weighted by Crippen LogP contribution is 2.19. The molecule has 160 valence electrons. The van der Waals surface area contributed by atoms with Gasteiger partial charge in [-0.05, 0) is 36.4 Å². The monoisotopic (exact) mass is 445 g/mol. The molecule has 11 heteroatoms. The Balaban J connectivity index is 1.51. The number of carbonyl (C=O) groups is 4. The van der Waals surface area contributed by atoms with Gasteiger partial charge in [0.05, 0.1) is 17.4 Å². The molecule has 2 aromatic carbocycles. The predicted molar refractivity (Wildman–Crippen MR) is 107 cm³/mol. The molecule has 0 radical (unpaired) electrons. The Labute approximate surface area is 180 Å². The van der Waals surface area contributed by atoms with Crippen molar-refractivity contribution in [3.05, 3.63) is 74.8 Å². The molecule has 0 aliphatic carbocycles. The lowest BCUT2D eigenvalue weighted by Gasteiger charge is -2.17. The maximum atomic E-state index is 12.2. The average Bonchev–Trinajstić information content (AvgIpc) is 3.12. The molecule has 0 saturated carbocycles. The van der Waals surface area contributed by atoms with Crippen LogP contribution in [-0.2, 0) is 14.3 Å². The van der Waals surface area contributed by atoms with E-state index in [0.29, 0.717) is 5.02 Å². The summed E-state index contributed by atoms with van der Waals surface area (Å²) in [5, 5.41) is 12.1. The SMILES string of the molecule is O=C(COC(=O)[C@H]1CC(=O)N(NC(=O)c2ccc(Cl)cc2)C1)c1ccc([N+](=O)[O-])cc1. The quantitative estimate of drug-likeness (QED) is 0.298. The fraction of sp³-hybridized carbons (Fsp3) is 0.200. The molecule has 3 rings (SSSR count). The zero-order valence-corrected chi connectivity index (χ0v) is 16.7. The molecular formula is C20H16ClN3O7. The summed E-state index contributed by atoms with van der Waals surface area (Å²) >= 11 is 5.78. The third kappa shape index (κ3) is 5.43. The van der Waals surface area contributed by atoms with E-state index in [4.69, 9.17) is 16.3 Å². The van der Waals surface area contributed by atoms with Crippen molar-refractivity contribution < 1.29 is 28.8 Å². The van der Waals surface area contributed by atoms with Crippen LogP contribution >= 0.6 is 11.6 Å². The molecule has 2 aromatic rings. The number of ketones is 1. The van der Waals surface area contributed by atoms with Crippen LogP contribution in [-0.4, -0.2) is 46.7 Å². The van der Waals surface area contributed by atoms with E-state index in [1.807, 2.05) is 0 Å². The first-order chi connectivity index (χ1) is 14.7. The van der Waals surface area contributed by atoms with Crippen LogP contribution in [0.3, 0.4) is 0 Å².